The zero-order valence-corrected chi connectivity index (χ0v) is 12.2. The summed E-state index contributed by atoms with van der Waals surface area (Å²) in [5, 5.41) is 14.2. The molecule has 0 spiro atoms. The van der Waals surface area contributed by atoms with Crippen molar-refractivity contribution in [2.45, 2.75) is 40.2 Å². The zero-order chi connectivity index (χ0) is 15.3. The van der Waals surface area contributed by atoms with Crippen molar-refractivity contribution in [3.05, 3.63) is 23.5 Å². The molecule has 2 amide bonds. The van der Waals surface area contributed by atoms with Gasteiger partial charge in [-0.15, -0.1) is 0 Å². The Morgan fingerprint density at radius 3 is 2.45 bits per heavy atom. The van der Waals surface area contributed by atoms with Gasteiger partial charge in [0.05, 0.1) is 11.4 Å². The van der Waals surface area contributed by atoms with E-state index in [9.17, 15) is 9.59 Å². The van der Waals surface area contributed by atoms with Crippen LogP contribution in [0, 0.1) is 19.8 Å². The number of carboxylic acid groups (broad SMARTS) is 1. The molecule has 0 aliphatic carbocycles. The van der Waals surface area contributed by atoms with Crippen LogP contribution in [0.15, 0.2) is 12.1 Å². The zero-order valence-electron chi connectivity index (χ0n) is 12.2. The summed E-state index contributed by atoms with van der Waals surface area (Å²) in [5.41, 5.74) is 2.12. The van der Waals surface area contributed by atoms with Crippen molar-refractivity contribution in [1.29, 1.82) is 0 Å². The Balaban J connectivity index is 2.68. The monoisotopic (exact) mass is 279 g/mol. The number of aliphatic carboxylic acids is 1. The molecular formula is C14H21N3O3. The number of carbonyl (C=O) groups excluding carboxylic acids is 1. The Morgan fingerprint density at radius 2 is 1.95 bits per heavy atom. The van der Waals surface area contributed by atoms with Gasteiger partial charge in [0.2, 0.25) is 0 Å². The Bertz CT molecular complexity index is 500. The summed E-state index contributed by atoms with van der Waals surface area (Å²) < 4.78 is 0. The van der Waals surface area contributed by atoms with Crippen molar-refractivity contribution < 1.29 is 14.7 Å². The first-order valence-corrected chi connectivity index (χ1v) is 6.54. The average molecular weight is 279 g/mol. The third kappa shape index (κ3) is 4.87. The predicted octanol–water partition coefficient (Wildman–Crippen LogP) is 2.32. The fourth-order valence-electron chi connectivity index (χ4n) is 1.83. The first-order valence-electron chi connectivity index (χ1n) is 6.54. The fraction of sp³-hybridized carbons (Fsp3) is 0.500. The fourth-order valence-corrected chi connectivity index (χ4v) is 1.83. The highest BCUT2D eigenvalue weighted by atomic mass is 16.4. The number of nitrogens with zero attached hydrogens (tertiary/aromatic N) is 1. The average Bonchev–Trinajstić information content (AvgIpc) is 2.31. The molecule has 1 heterocycles. The number of carboxylic acids is 1. The number of carbonyl (C=O) groups is 2. The molecule has 0 unspecified atom stereocenters. The molecule has 1 atom stereocenters. The SMILES string of the molecule is Cc1ccc(NC(=O)N[C@@H](CC(C)C)C(=O)O)c(C)n1. The molecule has 1 aromatic heterocycles. The maximum atomic E-state index is 11.8. The van der Waals surface area contributed by atoms with E-state index in [1.165, 1.54) is 0 Å². The Kier molecular flexibility index (Phi) is 5.49. The number of pyridine rings is 1. The van der Waals surface area contributed by atoms with Crippen LogP contribution in [0.4, 0.5) is 10.5 Å². The molecule has 0 saturated heterocycles. The van der Waals surface area contributed by atoms with E-state index >= 15 is 0 Å². The van der Waals surface area contributed by atoms with Crippen molar-refractivity contribution in [3.8, 4) is 0 Å². The number of nitrogens with one attached hydrogen (secondary N) is 2. The van der Waals surface area contributed by atoms with Gasteiger partial charge in [0.1, 0.15) is 6.04 Å². The molecule has 0 aliphatic heterocycles. The van der Waals surface area contributed by atoms with Gasteiger partial charge in [0.25, 0.3) is 0 Å². The maximum Gasteiger partial charge on any atom is 0.326 e. The summed E-state index contributed by atoms with van der Waals surface area (Å²) in [6.07, 6.45) is 0.383. The molecule has 1 rings (SSSR count). The minimum Gasteiger partial charge on any atom is -0.480 e. The number of rotatable bonds is 5. The van der Waals surface area contributed by atoms with Gasteiger partial charge in [-0.05, 0) is 38.3 Å². The molecule has 0 fully saturated rings. The summed E-state index contributed by atoms with van der Waals surface area (Å²) in [6.45, 7) is 7.46. The standard InChI is InChI=1S/C14H21N3O3/c1-8(2)7-12(13(18)19)17-14(20)16-11-6-5-9(3)15-10(11)4/h5-6,8,12H,7H2,1-4H3,(H,18,19)(H2,16,17,20)/t12-/m0/s1. The number of urea groups is 1. The summed E-state index contributed by atoms with van der Waals surface area (Å²) >= 11 is 0. The van der Waals surface area contributed by atoms with Gasteiger partial charge >= 0.3 is 12.0 Å². The van der Waals surface area contributed by atoms with E-state index in [4.69, 9.17) is 5.11 Å². The molecule has 0 aromatic carbocycles. The summed E-state index contributed by atoms with van der Waals surface area (Å²) in [6, 6.07) is 2.10. The lowest BCUT2D eigenvalue weighted by atomic mass is 10.0. The van der Waals surface area contributed by atoms with Crippen molar-refractivity contribution in [3.63, 3.8) is 0 Å². The third-order valence-corrected chi connectivity index (χ3v) is 2.78. The molecular weight excluding hydrogens is 258 g/mol. The predicted molar refractivity (Wildman–Crippen MR) is 76.7 cm³/mol. The number of amides is 2. The summed E-state index contributed by atoms with van der Waals surface area (Å²) in [7, 11) is 0. The number of hydrogen-bond donors (Lipinski definition) is 3. The highest BCUT2D eigenvalue weighted by Crippen LogP contribution is 2.12. The lowest BCUT2D eigenvalue weighted by Gasteiger charge is -2.17. The highest BCUT2D eigenvalue weighted by molar-refractivity contribution is 5.92. The van der Waals surface area contributed by atoms with E-state index in [1.54, 1.807) is 19.1 Å². The van der Waals surface area contributed by atoms with Gasteiger partial charge in [0.15, 0.2) is 0 Å². The quantitative estimate of drug-likeness (QED) is 0.771. The topological polar surface area (TPSA) is 91.3 Å². The Labute approximate surface area is 118 Å². The van der Waals surface area contributed by atoms with E-state index < -0.39 is 18.0 Å². The molecule has 0 radical (unpaired) electrons. The molecule has 6 heteroatoms. The van der Waals surface area contributed by atoms with Crippen molar-refractivity contribution in [2.24, 2.45) is 5.92 Å². The van der Waals surface area contributed by atoms with Gasteiger partial charge in [-0.3, -0.25) is 4.98 Å². The van der Waals surface area contributed by atoms with Crippen LogP contribution in [0.5, 0.6) is 0 Å². The number of aromatic nitrogens is 1. The Hall–Kier alpha value is -2.11. The number of hydrogen-bond acceptors (Lipinski definition) is 3. The first kappa shape index (κ1) is 15.9. The second-order valence-corrected chi connectivity index (χ2v) is 5.20. The molecule has 6 nitrogen and oxygen atoms in total. The second-order valence-electron chi connectivity index (χ2n) is 5.20. The molecule has 3 N–H and O–H groups in total. The largest absolute Gasteiger partial charge is 0.480 e. The van der Waals surface area contributed by atoms with E-state index in [1.807, 2.05) is 20.8 Å². The van der Waals surface area contributed by atoms with Crippen LogP contribution in [-0.4, -0.2) is 28.1 Å². The van der Waals surface area contributed by atoms with Crippen LogP contribution in [0.25, 0.3) is 0 Å². The van der Waals surface area contributed by atoms with Crippen LogP contribution >= 0.6 is 0 Å². The smallest absolute Gasteiger partial charge is 0.326 e. The van der Waals surface area contributed by atoms with E-state index in [0.717, 1.165) is 5.69 Å². The molecule has 0 aliphatic rings. The van der Waals surface area contributed by atoms with Gasteiger partial charge < -0.3 is 15.7 Å². The van der Waals surface area contributed by atoms with Crippen LogP contribution in [0.1, 0.15) is 31.7 Å². The summed E-state index contributed by atoms with van der Waals surface area (Å²) in [4.78, 5) is 27.1. The van der Waals surface area contributed by atoms with Gasteiger partial charge in [0, 0.05) is 5.69 Å². The molecule has 110 valence electrons. The van der Waals surface area contributed by atoms with Gasteiger partial charge in [-0.25, -0.2) is 9.59 Å². The van der Waals surface area contributed by atoms with Crippen LogP contribution in [0.2, 0.25) is 0 Å². The van der Waals surface area contributed by atoms with Gasteiger partial charge in [-0.1, -0.05) is 13.8 Å². The summed E-state index contributed by atoms with van der Waals surface area (Å²) in [5.74, 6) is -0.855. The first-order chi connectivity index (χ1) is 9.29. The molecule has 0 bridgehead atoms. The highest BCUT2D eigenvalue weighted by Gasteiger charge is 2.21. The molecule has 20 heavy (non-hydrogen) atoms. The van der Waals surface area contributed by atoms with E-state index in [0.29, 0.717) is 17.8 Å². The third-order valence-electron chi connectivity index (χ3n) is 2.78. The van der Waals surface area contributed by atoms with Crippen LogP contribution < -0.4 is 10.6 Å². The Morgan fingerprint density at radius 1 is 1.30 bits per heavy atom. The molecule has 1 aromatic rings. The molecule has 0 saturated carbocycles. The lowest BCUT2D eigenvalue weighted by molar-refractivity contribution is -0.139. The lowest BCUT2D eigenvalue weighted by Crippen LogP contribution is -2.43. The minimum atomic E-state index is -1.03. The van der Waals surface area contributed by atoms with Crippen LogP contribution in [-0.2, 0) is 4.79 Å². The van der Waals surface area contributed by atoms with E-state index in [-0.39, 0.29) is 5.92 Å². The van der Waals surface area contributed by atoms with Crippen molar-refractivity contribution >= 4 is 17.7 Å². The second kappa shape index (κ2) is 6.88. The van der Waals surface area contributed by atoms with Crippen molar-refractivity contribution in [1.82, 2.24) is 10.3 Å². The van der Waals surface area contributed by atoms with E-state index in [2.05, 4.69) is 15.6 Å². The number of anilines is 1. The van der Waals surface area contributed by atoms with Crippen LogP contribution in [0.3, 0.4) is 0 Å². The van der Waals surface area contributed by atoms with Crippen molar-refractivity contribution in [2.75, 3.05) is 5.32 Å². The number of aryl methyl sites for hydroxylation is 2. The normalized spacial score (nSPS) is 12.1. The van der Waals surface area contributed by atoms with Gasteiger partial charge in [-0.2, -0.15) is 0 Å². The minimum absolute atomic E-state index is 0.180. The maximum absolute atomic E-state index is 11.8.